The summed E-state index contributed by atoms with van der Waals surface area (Å²) in [6, 6.07) is 0. The van der Waals surface area contributed by atoms with Crippen LogP contribution in [0.2, 0.25) is 0 Å². The van der Waals surface area contributed by atoms with Gasteiger partial charge in [-0.25, -0.2) is 0 Å². The van der Waals surface area contributed by atoms with E-state index in [0.717, 1.165) is 31.0 Å². The molecule has 0 spiro atoms. The van der Waals surface area contributed by atoms with Crippen molar-refractivity contribution < 1.29 is 9.59 Å². The minimum atomic E-state index is -0.0681. The van der Waals surface area contributed by atoms with Crippen molar-refractivity contribution in [1.82, 2.24) is 4.90 Å². The van der Waals surface area contributed by atoms with Crippen molar-refractivity contribution in [3.63, 3.8) is 0 Å². The second kappa shape index (κ2) is 5.13. The van der Waals surface area contributed by atoms with Gasteiger partial charge in [-0.15, -0.1) is 0 Å². The minimum absolute atomic E-state index is 0.0499. The molecule has 1 fully saturated rings. The predicted molar refractivity (Wildman–Crippen MR) is 65.1 cm³/mol. The number of rotatable bonds is 4. The predicted octanol–water partition coefficient (Wildman–Crippen LogP) is 2.11. The number of amides is 2. The summed E-state index contributed by atoms with van der Waals surface area (Å²) in [5, 5.41) is 0.928. The summed E-state index contributed by atoms with van der Waals surface area (Å²) in [5.41, 5.74) is 0. The summed E-state index contributed by atoms with van der Waals surface area (Å²) in [4.78, 5) is 25.5. The second-order valence-corrected chi connectivity index (χ2v) is 5.17. The highest BCUT2D eigenvalue weighted by Crippen LogP contribution is 2.35. The van der Waals surface area contributed by atoms with Crippen molar-refractivity contribution in [3.05, 3.63) is 12.2 Å². The Morgan fingerprint density at radius 1 is 1.12 bits per heavy atom. The standard InChI is InChI=1S/C12H16BrNO2/c13-7-3-4-8-14-11(15)9-5-1-2-6-10(9)12(14)16/h1-2,9-10H,3-8H2/t9-,10+. The van der Waals surface area contributed by atoms with E-state index in [2.05, 4.69) is 15.9 Å². The molecule has 0 bridgehead atoms. The quantitative estimate of drug-likeness (QED) is 0.343. The molecule has 2 amide bonds. The first-order chi connectivity index (χ1) is 7.75. The number of alkyl halides is 1. The molecule has 1 aliphatic heterocycles. The molecule has 16 heavy (non-hydrogen) atoms. The third kappa shape index (κ3) is 2.08. The summed E-state index contributed by atoms with van der Waals surface area (Å²) >= 11 is 3.35. The van der Waals surface area contributed by atoms with Gasteiger partial charge in [-0.1, -0.05) is 28.1 Å². The first kappa shape index (κ1) is 11.8. The summed E-state index contributed by atoms with van der Waals surface area (Å²) < 4.78 is 0. The lowest BCUT2D eigenvalue weighted by molar-refractivity contribution is -0.139. The van der Waals surface area contributed by atoms with E-state index in [4.69, 9.17) is 0 Å². The Bertz CT molecular complexity index is 301. The molecule has 2 atom stereocenters. The van der Waals surface area contributed by atoms with Gasteiger partial charge in [0.1, 0.15) is 0 Å². The Balaban J connectivity index is 2.00. The summed E-state index contributed by atoms with van der Waals surface area (Å²) in [6.07, 6.45) is 7.43. The second-order valence-electron chi connectivity index (χ2n) is 4.38. The van der Waals surface area contributed by atoms with Gasteiger partial charge in [0, 0.05) is 11.9 Å². The number of carbonyl (C=O) groups is 2. The molecule has 0 saturated carbocycles. The van der Waals surface area contributed by atoms with Gasteiger partial charge in [-0.3, -0.25) is 14.5 Å². The number of hydrogen-bond donors (Lipinski definition) is 0. The molecule has 0 radical (unpaired) electrons. The van der Waals surface area contributed by atoms with Gasteiger partial charge in [-0.2, -0.15) is 0 Å². The molecule has 0 unspecified atom stereocenters. The highest BCUT2D eigenvalue weighted by Gasteiger charge is 2.46. The zero-order valence-corrected chi connectivity index (χ0v) is 10.8. The van der Waals surface area contributed by atoms with E-state index in [1.165, 1.54) is 4.90 Å². The van der Waals surface area contributed by atoms with Gasteiger partial charge in [-0.05, 0) is 25.7 Å². The van der Waals surface area contributed by atoms with E-state index in [1.807, 2.05) is 12.2 Å². The number of likely N-dealkylation sites (tertiary alicyclic amines) is 1. The number of fused-ring (bicyclic) bond motifs is 1. The number of allylic oxidation sites excluding steroid dienone is 2. The maximum absolute atomic E-state index is 12.0. The average molecular weight is 286 g/mol. The smallest absolute Gasteiger partial charge is 0.233 e. The molecule has 1 saturated heterocycles. The van der Waals surface area contributed by atoms with Gasteiger partial charge in [0.05, 0.1) is 11.8 Å². The molecular formula is C12H16BrNO2. The van der Waals surface area contributed by atoms with E-state index < -0.39 is 0 Å². The summed E-state index contributed by atoms with van der Waals surface area (Å²) in [6.45, 7) is 0.594. The van der Waals surface area contributed by atoms with Gasteiger partial charge in [0.15, 0.2) is 0 Å². The van der Waals surface area contributed by atoms with Crippen LogP contribution < -0.4 is 0 Å². The minimum Gasteiger partial charge on any atom is -0.282 e. The lowest BCUT2D eigenvalue weighted by Gasteiger charge is -2.14. The number of halogens is 1. The fraction of sp³-hybridized carbons (Fsp3) is 0.667. The SMILES string of the molecule is O=C1[C@H]2CC=CC[C@H]2C(=O)N1CCCCBr. The molecular weight excluding hydrogens is 270 g/mol. The Morgan fingerprint density at radius 2 is 1.69 bits per heavy atom. The fourth-order valence-corrected chi connectivity index (χ4v) is 2.85. The molecule has 2 rings (SSSR count). The maximum Gasteiger partial charge on any atom is 0.233 e. The summed E-state index contributed by atoms with van der Waals surface area (Å²) in [5.74, 6) is -0.0363. The van der Waals surface area contributed by atoms with Crippen LogP contribution in [-0.2, 0) is 9.59 Å². The molecule has 1 aliphatic carbocycles. The van der Waals surface area contributed by atoms with E-state index in [-0.39, 0.29) is 23.7 Å². The van der Waals surface area contributed by atoms with E-state index >= 15 is 0 Å². The van der Waals surface area contributed by atoms with Crippen LogP contribution in [0.15, 0.2) is 12.2 Å². The fourth-order valence-electron chi connectivity index (χ4n) is 2.45. The first-order valence-electron chi connectivity index (χ1n) is 5.82. The largest absolute Gasteiger partial charge is 0.282 e. The van der Waals surface area contributed by atoms with E-state index in [0.29, 0.717) is 6.54 Å². The van der Waals surface area contributed by atoms with Crippen molar-refractivity contribution in [3.8, 4) is 0 Å². The molecule has 2 aliphatic rings. The third-order valence-corrected chi connectivity index (χ3v) is 3.92. The van der Waals surface area contributed by atoms with Crippen molar-refractivity contribution >= 4 is 27.7 Å². The van der Waals surface area contributed by atoms with Crippen LogP contribution >= 0.6 is 15.9 Å². The molecule has 0 aromatic heterocycles. The Kier molecular flexibility index (Phi) is 3.79. The molecule has 0 N–H and O–H groups in total. The van der Waals surface area contributed by atoms with Crippen molar-refractivity contribution in [1.29, 1.82) is 0 Å². The van der Waals surface area contributed by atoms with Gasteiger partial charge >= 0.3 is 0 Å². The molecule has 88 valence electrons. The monoisotopic (exact) mass is 285 g/mol. The lowest BCUT2D eigenvalue weighted by Crippen LogP contribution is -2.32. The number of carbonyl (C=O) groups excluding carboxylic acids is 2. The topological polar surface area (TPSA) is 37.4 Å². The summed E-state index contributed by atoms with van der Waals surface area (Å²) in [7, 11) is 0. The van der Waals surface area contributed by atoms with Gasteiger partial charge in [0.2, 0.25) is 11.8 Å². The van der Waals surface area contributed by atoms with Crippen LogP contribution in [0, 0.1) is 11.8 Å². The van der Waals surface area contributed by atoms with Crippen LogP contribution in [0.5, 0.6) is 0 Å². The van der Waals surface area contributed by atoms with Crippen LogP contribution in [0.4, 0.5) is 0 Å². The average Bonchev–Trinajstić information content (AvgIpc) is 2.55. The Hall–Kier alpha value is -0.640. The van der Waals surface area contributed by atoms with Crippen molar-refractivity contribution in [2.24, 2.45) is 11.8 Å². The molecule has 1 heterocycles. The zero-order chi connectivity index (χ0) is 11.5. The normalized spacial score (nSPS) is 28.7. The van der Waals surface area contributed by atoms with Crippen LogP contribution in [0.1, 0.15) is 25.7 Å². The number of nitrogens with zero attached hydrogens (tertiary/aromatic N) is 1. The Labute approximate surface area is 104 Å². The van der Waals surface area contributed by atoms with Crippen LogP contribution in [0.3, 0.4) is 0 Å². The molecule has 3 nitrogen and oxygen atoms in total. The zero-order valence-electron chi connectivity index (χ0n) is 9.19. The van der Waals surface area contributed by atoms with Crippen molar-refractivity contribution in [2.45, 2.75) is 25.7 Å². The lowest BCUT2D eigenvalue weighted by atomic mass is 9.85. The van der Waals surface area contributed by atoms with Gasteiger partial charge in [0.25, 0.3) is 0 Å². The molecule has 4 heteroatoms. The maximum atomic E-state index is 12.0. The van der Waals surface area contributed by atoms with Crippen molar-refractivity contribution in [2.75, 3.05) is 11.9 Å². The number of hydrogen-bond acceptors (Lipinski definition) is 2. The number of unbranched alkanes of at least 4 members (excludes halogenated alkanes) is 1. The van der Waals surface area contributed by atoms with Crippen LogP contribution in [-0.4, -0.2) is 28.6 Å². The van der Waals surface area contributed by atoms with Gasteiger partial charge < -0.3 is 0 Å². The third-order valence-electron chi connectivity index (χ3n) is 3.36. The number of imide groups is 1. The Morgan fingerprint density at radius 3 is 2.19 bits per heavy atom. The highest BCUT2D eigenvalue weighted by atomic mass is 79.9. The molecule has 0 aromatic rings. The van der Waals surface area contributed by atoms with E-state index in [9.17, 15) is 9.59 Å². The highest BCUT2D eigenvalue weighted by molar-refractivity contribution is 9.09. The first-order valence-corrected chi connectivity index (χ1v) is 6.94. The van der Waals surface area contributed by atoms with E-state index in [1.54, 1.807) is 0 Å². The molecule has 0 aromatic carbocycles. The van der Waals surface area contributed by atoms with Crippen LogP contribution in [0.25, 0.3) is 0 Å².